The van der Waals surface area contributed by atoms with Gasteiger partial charge in [0.25, 0.3) is 5.69 Å². The second-order valence-electron chi connectivity index (χ2n) is 5.54. The number of nitro groups is 1. The first-order chi connectivity index (χ1) is 8.06. The molecule has 100 valence electrons. The number of anilines is 1. The van der Waals surface area contributed by atoms with Crippen LogP contribution in [0, 0.1) is 17.0 Å². The normalized spacial score (nSPS) is 12.3. The molecule has 0 atom stereocenters. The van der Waals surface area contributed by atoms with Gasteiger partial charge in [0.15, 0.2) is 0 Å². The van der Waals surface area contributed by atoms with Crippen molar-refractivity contribution in [1.29, 1.82) is 0 Å². The predicted molar refractivity (Wildman–Crippen MR) is 71.8 cm³/mol. The van der Waals surface area contributed by atoms with E-state index in [1.54, 1.807) is 32.9 Å². The summed E-state index contributed by atoms with van der Waals surface area (Å²) in [5.41, 5.74) is -0.448. The Labute approximate surface area is 107 Å². The lowest BCUT2D eigenvalue weighted by Gasteiger charge is -2.39. The summed E-state index contributed by atoms with van der Waals surface area (Å²) in [5.74, 6) is 0. The second kappa shape index (κ2) is 4.57. The summed E-state index contributed by atoms with van der Waals surface area (Å²) < 4.78 is 0. The van der Waals surface area contributed by atoms with Crippen molar-refractivity contribution in [2.45, 2.75) is 45.8 Å². The molecule has 0 aromatic heterocycles. The van der Waals surface area contributed by atoms with E-state index in [-0.39, 0.29) is 5.69 Å². The fourth-order valence-electron chi connectivity index (χ4n) is 1.43. The van der Waals surface area contributed by atoms with Crippen LogP contribution in [0.2, 0.25) is 0 Å². The fourth-order valence-corrected chi connectivity index (χ4v) is 1.43. The van der Waals surface area contributed by atoms with E-state index in [1.807, 2.05) is 13.8 Å². The van der Waals surface area contributed by atoms with Crippen molar-refractivity contribution >= 4 is 11.4 Å². The molecular formula is C13H20N2O3. The van der Waals surface area contributed by atoms with Crippen LogP contribution in [0.15, 0.2) is 18.2 Å². The van der Waals surface area contributed by atoms with Crippen LogP contribution >= 0.6 is 0 Å². The maximum absolute atomic E-state index is 11.0. The summed E-state index contributed by atoms with van der Waals surface area (Å²) in [6.45, 7) is 8.76. The van der Waals surface area contributed by atoms with Gasteiger partial charge >= 0.3 is 0 Å². The molecule has 0 heterocycles. The Bertz CT molecular complexity index is 462. The molecule has 18 heavy (non-hydrogen) atoms. The minimum absolute atomic E-state index is 0.0207. The lowest BCUT2D eigenvalue weighted by Crippen LogP contribution is -2.51. The third-order valence-corrected chi connectivity index (χ3v) is 3.41. The van der Waals surface area contributed by atoms with Gasteiger partial charge in [0.05, 0.1) is 16.1 Å². The summed E-state index contributed by atoms with van der Waals surface area (Å²) in [6.07, 6.45) is 0. The highest BCUT2D eigenvalue weighted by molar-refractivity contribution is 5.67. The number of aliphatic hydroxyl groups is 1. The molecule has 0 saturated heterocycles. The molecule has 2 N–H and O–H groups in total. The summed E-state index contributed by atoms with van der Waals surface area (Å²) in [7, 11) is 0. The number of aryl methyl sites for hydroxylation is 1. The Kier molecular flexibility index (Phi) is 3.67. The molecule has 0 fully saturated rings. The van der Waals surface area contributed by atoms with Gasteiger partial charge in [0.2, 0.25) is 0 Å². The van der Waals surface area contributed by atoms with Gasteiger partial charge in [0, 0.05) is 6.07 Å². The fraction of sp³-hybridized carbons (Fsp3) is 0.538. The van der Waals surface area contributed by atoms with Crippen LogP contribution in [0.3, 0.4) is 0 Å². The topological polar surface area (TPSA) is 75.4 Å². The van der Waals surface area contributed by atoms with Crippen LogP contribution in [-0.2, 0) is 0 Å². The smallest absolute Gasteiger partial charge is 0.292 e. The van der Waals surface area contributed by atoms with E-state index in [0.29, 0.717) is 5.69 Å². The van der Waals surface area contributed by atoms with Crippen molar-refractivity contribution < 1.29 is 10.0 Å². The van der Waals surface area contributed by atoms with Crippen molar-refractivity contribution in [3.63, 3.8) is 0 Å². The maximum atomic E-state index is 11.0. The van der Waals surface area contributed by atoms with Crippen molar-refractivity contribution in [3.05, 3.63) is 33.9 Å². The molecule has 0 radical (unpaired) electrons. The molecule has 0 bridgehead atoms. The molecule has 5 heteroatoms. The Morgan fingerprint density at radius 1 is 1.28 bits per heavy atom. The highest BCUT2D eigenvalue weighted by Crippen LogP contribution is 2.33. The van der Waals surface area contributed by atoms with Gasteiger partial charge in [-0.1, -0.05) is 12.1 Å². The van der Waals surface area contributed by atoms with Crippen molar-refractivity contribution in [1.82, 2.24) is 0 Å². The van der Waals surface area contributed by atoms with Crippen LogP contribution in [0.1, 0.15) is 33.3 Å². The zero-order chi connectivity index (χ0) is 14.1. The molecule has 0 saturated carbocycles. The molecular weight excluding hydrogens is 232 g/mol. The predicted octanol–water partition coefficient (Wildman–Crippen LogP) is 2.86. The Morgan fingerprint density at radius 3 is 2.28 bits per heavy atom. The van der Waals surface area contributed by atoms with Gasteiger partial charge in [0.1, 0.15) is 5.69 Å². The maximum Gasteiger partial charge on any atom is 0.292 e. The summed E-state index contributed by atoms with van der Waals surface area (Å²) in [6, 6.07) is 4.90. The number of para-hydroxylation sites is 1. The minimum atomic E-state index is -1.01. The van der Waals surface area contributed by atoms with E-state index in [4.69, 9.17) is 0 Å². The van der Waals surface area contributed by atoms with Crippen molar-refractivity contribution in [3.8, 4) is 0 Å². The Balaban J connectivity index is 3.23. The second-order valence-corrected chi connectivity index (χ2v) is 5.54. The van der Waals surface area contributed by atoms with E-state index in [0.717, 1.165) is 5.56 Å². The van der Waals surface area contributed by atoms with E-state index in [2.05, 4.69) is 5.32 Å². The number of nitrogens with zero attached hydrogens (tertiary/aromatic N) is 1. The van der Waals surface area contributed by atoms with Gasteiger partial charge in [-0.25, -0.2) is 0 Å². The molecule has 0 spiro atoms. The van der Waals surface area contributed by atoms with E-state index in [1.165, 1.54) is 6.07 Å². The van der Waals surface area contributed by atoms with Crippen LogP contribution in [-0.4, -0.2) is 21.2 Å². The van der Waals surface area contributed by atoms with Crippen molar-refractivity contribution in [2.75, 3.05) is 5.32 Å². The lowest BCUT2D eigenvalue weighted by molar-refractivity contribution is -0.384. The first-order valence-corrected chi connectivity index (χ1v) is 5.81. The number of nitrogens with one attached hydrogen (secondary N) is 1. The average molecular weight is 252 g/mol. The summed E-state index contributed by atoms with van der Waals surface area (Å²) >= 11 is 0. The summed E-state index contributed by atoms with van der Waals surface area (Å²) in [4.78, 5) is 10.6. The van der Waals surface area contributed by atoms with Crippen LogP contribution in [0.5, 0.6) is 0 Å². The average Bonchev–Trinajstić information content (AvgIpc) is 2.18. The summed E-state index contributed by atoms with van der Waals surface area (Å²) in [5, 5.41) is 24.2. The molecule has 5 nitrogen and oxygen atoms in total. The molecule has 1 aromatic carbocycles. The van der Waals surface area contributed by atoms with Gasteiger partial charge in [-0.15, -0.1) is 0 Å². The van der Waals surface area contributed by atoms with E-state index < -0.39 is 16.1 Å². The zero-order valence-corrected chi connectivity index (χ0v) is 11.4. The number of benzene rings is 1. The van der Waals surface area contributed by atoms with Crippen molar-refractivity contribution in [2.24, 2.45) is 0 Å². The molecule has 1 rings (SSSR count). The molecule has 0 aliphatic heterocycles. The highest BCUT2D eigenvalue weighted by atomic mass is 16.6. The number of nitro benzene ring substituents is 1. The molecule has 0 amide bonds. The molecule has 0 unspecified atom stereocenters. The third-order valence-electron chi connectivity index (χ3n) is 3.41. The first kappa shape index (κ1) is 14.4. The lowest BCUT2D eigenvalue weighted by atomic mass is 9.85. The van der Waals surface area contributed by atoms with Gasteiger partial charge in [-0.05, 0) is 40.2 Å². The Hall–Kier alpha value is -1.62. The number of hydrogen-bond donors (Lipinski definition) is 2. The van der Waals surface area contributed by atoms with Crippen LogP contribution in [0.4, 0.5) is 11.4 Å². The van der Waals surface area contributed by atoms with Gasteiger partial charge in [-0.3, -0.25) is 10.1 Å². The van der Waals surface area contributed by atoms with Crippen LogP contribution < -0.4 is 5.32 Å². The molecule has 0 aliphatic rings. The monoisotopic (exact) mass is 252 g/mol. The quantitative estimate of drug-likeness (QED) is 0.638. The SMILES string of the molecule is Cc1cccc([N+](=O)[O-])c1NC(C)(C)C(C)(C)O. The largest absolute Gasteiger partial charge is 0.388 e. The van der Waals surface area contributed by atoms with E-state index >= 15 is 0 Å². The first-order valence-electron chi connectivity index (χ1n) is 5.81. The molecule has 1 aromatic rings. The zero-order valence-electron chi connectivity index (χ0n) is 11.4. The Morgan fingerprint density at radius 2 is 1.83 bits per heavy atom. The number of hydrogen-bond acceptors (Lipinski definition) is 4. The molecule has 0 aliphatic carbocycles. The van der Waals surface area contributed by atoms with Crippen LogP contribution in [0.25, 0.3) is 0 Å². The highest BCUT2D eigenvalue weighted by Gasteiger charge is 2.36. The van der Waals surface area contributed by atoms with Gasteiger partial charge < -0.3 is 10.4 Å². The number of rotatable bonds is 4. The standard InChI is InChI=1S/C13H20N2O3/c1-9-7-6-8-10(15(17)18)11(9)14-12(2,3)13(4,5)16/h6-8,14,16H,1-5H3. The van der Waals surface area contributed by atoms with Gasteiger partial charge in [-0.2, -0.15) is 0 Å². The third kappa shape index (κ3) is 2.79. The minimum Gasteiger partial charge on any atom is -0.388 e. The van der Waals surface area contributed by atoms with E-state index in [9.17, 15) is 15.2 Å².